The third-order valence-electron chi connectivity index (χ3n) is 2.34. The quantitative estimate of drug-likeness (QED) is 0.606. The van der Waals surface area contributed by atoms with Gasteiger partial charge in [0.25, 0.3) is 0 Å². The van der Waals surface area contributed by atoms with Gasteiger partial charge in [-0.1, -0.05) is 0 Å². The van der Waals surface area contributed by atoms with Crippen molar-refractivity contribution in [1.82, 2.24) is 14.5 Å². The molecule has 0 spiro atoms. The molecule has 1 aromatic heterocycles. The molecule has 0 unspecified atom stereocenters. The molecule has 0 radical (unpaired) electrons. The van der Waals surface area contributed by atoms with Gasteiger partial charge in [-0.3, -0.25) is 4.57 Å². The van der Waals surface area contributed by atoms with Crippen LogP contribution < -0.4 is 5.69 Å². The van der Waals surface area contributed by atoms with E-state index in [0.29, 0.717) is 0 Å². The van der Waals surface area contributed by atoms with Crippen molar-refractivity contribution in [3.8, 4) is 0 Å². The molecule has 3 atom stereocenters. The van der Waals surface area contributed by atoms with E-state index in [2.05, 4.69) is 9.97 Å². The highest BCUT2D eigenvalue weighted by Gasteiger charge is 2.34. The Morgan fingerprint density at radius 3 is 3.07 bits per heavy atom. The van der Waals surface area contributed by atoms with Crippen LogP contribution in [0.2, 0.25) is 0 Å². The van der Waals surface area contributed by atoms with Gasteiger partial charge in [0.15, 0.2) is 0 Å². The van der Waals surface area contributed by atoms with Crippen molar-refractivity contribution in [1.29, 1.82) is 0 Å². The standard InChI is InChI=1S/C8H11N3O4/c12-2-6-5(13)1-7(15-6)11-4-9-3-10-8(11)14/h3-7,12-13H,1-2H2/t5-,6+,7+/m0/s1. The molecule has 0 saturated carbocycles. The van der Waals surface area contributed by atoms with E-state index in [0.717, 1.165) is 6.33 Å². The van der Waals surface area contributed by atoms with Crippen LogP contribution in [0.1, 0.15) is 12.6 Å². The zero-order valence-electron chi connectivity index (χ0n) is 7.85. The average molecular weight is 213 g/mol. The van der Waals surface area contributed by atoms with Crippen LogP contribution in [0.4, 0.5) is 0 Å². The first-order valence-electron chi connectivity index (χ1n) is 4.55. The van der Waals surface area contributed by atoms with Gasteiger partial charge in [0.1, 0.15) is 25.0 Å². The maximum Gasteiger partial charge on any atom is 0.352 e. The topological polar surface area (TPSA) is 97.5 Å². The van der Waals surface area contributed by atoms with E-state index < -0.39 is 24.1 Å². The molecule has 1 fully saturated rings. The zero-order valence-corrected chi connectivity index (χ0v) is 7.85. The summed E-state index contributed by atoms with van der Waals surface area (Å²) < 4.78 is 6.47. The molecule has 0 amide bonds. The van der Waals surface area contributed by atoms with Gasteiger partial charge in [-0.05, 0) is 0 Å². The van der Waals surface area contributed by atoms with Crippen LogP contribution in [0.3, 0.4) is 0 Å². The zero-order chi connectivity index (χ0) is 10.8. The van der Waals surface area contributed by atoms with Crippen LogP contribution in [0.5, 0.6) is 0 Å². The van der Waals surface area contributed by atoms with E-state index in [4.69, 9.17) is 9.84 Å². The highest BCUT2D eigenvalue weighted by Crippen LogP contribution is 2.26. The summed E-state index contributed by atoms with van der Waals surface area (Å²) in [5.74, 6) is 0. The number of rotatable bonds is 2. The number of aliphatic hydroxyl groups is 2. The normalized spacial score (nSPS) is 30.7. The van der Waals surface area contributed by atoms with E-state index in [1.807, 2.05) is 0 Å². The van der Waals surface area contributed by atoms with Crippen molar-refractivity contribution in [2.75, 3.05) is 6.61 Å². The Morgan fingerprint density at radius 1 is 1.67 bits per heavy atom. The Balaban J connectivity index is 2.21. The lowest BCUT2D eigenvalue weighted by molar-refractivity contribution is -0.0462. The molecule has 2 N–H and O–H groups in total. The first-order valence-corrected chi connectivity index (χ1v) is 4.55. The fourth-order valence-electron chi connectivity index (χ4n) is 1.55. The highest BCUT2D eigenvalue weighted by molar-refractivity contribution is 4.82. The molecule has 82 valence electrons. The fourth-order valence-corrected chi connectivity index (χ4v) is 1.55. The lowest BCUT2D eigenvalue weighted by Crippen LogP contribution is -2.27. The summed E-state index contributed by atoms with van der Waals surface area (Å²) in [4.78, 5) is 18.5. The lowest BCUT2D eigenvalue weighted by atomic mass is 10.2. The Morgan fingerprint density at radius 2 is 2.47 bits per heavy atom. The van der Waals surface area contributed by atoms with Gasteiger partial charge >= 0.3 is 5.69 Å². The van der Waals surface area contributed by atoms with Crippen LogP contribution in [-0.4, -0.2) is 43.6 Å². The van der Waals surface area contributed by atoms with Crippen LogP contribution in [-0.2, 0) is 4.74 Å². The lowest BCUT2D eigenvalue weighted by Gasteiger charge is -2.12. The van der Waals surface area contributed by atoms with Crippen molar-refractivity contribution < 1.29 is 14.9 Å². The third-order valence-corrected chi connectivity index (χ3v) is 2.34. The predicted octanol–water partition coefficient (Wildman–Crippen LogP) is -1.72. The summed E-state index contributed by atoms with van der Waals surface area (Å²) in [6.45, 7) is -0.278. The second kappa shape index (κ2) is 4.05. The molecule has 15 heavy (non-hydrogen) atoms. The molecule has 1 aromatic rings. The van der Waals surface area contributed by atoms with Crippen molar-refractivity contribution in [3.05, 3.63) is 23.1 Å². The maximum absolute atomic E-state index is 11.3. The summed E-state index contributed by atoms with van der Waals surface area (Å²) in [6, 6.07) is 0. The first-order chi connectivity index (χ1) is 7.22. The molecule has 2 rings (SSSR count). The van der Waals surface area contributed by atoms with Gasteiger partial charge in [-0.25, -0.2) is 9.78 Å². The summed E-state index contributed by atoms with van der Waals surface area (Å²) in [5.41, 5.74) is -0.485. The summed E-state index contributed by atoms with van der Waals surface area (Å²) in [7, 11) is 0. The third kappa shape index (κ3) is 1.89. The minimum absolute atomic E-state index is 0.249. The molecule has 7 heteroatoms. The number of ether oxygens (including phenoxy) is 1. The van der Waals surface area contributed by atoms with Crippen LogP contribution in [0.15, 0.2) is 17.4 Å². The van der Waals surface area contributed by atoms with E-state index in [9.17, 15) is 9.90 Å². The predicted molar refractivity (Wildman–Crippen MR) is 47.9 cm³/mol. The molecule has 0 aromatic carbocycles. The Hall–Kier alpha value is -1.31. The van der Waals surface area contributed by atoms with Gasteiger partial charge in [0.2, 0.25) is 0 Å². The summed E-state index contributed by atoms with van der Waals surface area (Å²) in [6.07, 6.45) is 0.665. The van der Waals surface area contributed by atoms with Crippen molar-refractivity contribution in [2.24, 2.45) is 0 Å². The SMILES string of the molecule is O=c1ncncn1[C@H]1C[C@H](O)[C@@H](CO)O1. The molecule has 1 aliphatic rings. The fraction of sp³-hybridized carbons (Fsp3) is 0.625. The van der Waals surface area contributed by atoms with Crippen LogP contribution >= 0.6 is 0 Å². The van der Waals surface area contributed by atoms with Gasteiger partial charge in [-0.15, -0.1) is 0 Å². The minimum Gasteiger partial charge on any atom is -0.394 e. The van der Waals surface area contributed by atoms with E-state index >= 15 is 0 Å². The number of aromatic nitrogens is 3. The van der Waals surface area contributed by atoms with Crippen molar-refractivity contribution in [3.63, 3.8) is 0 Å². The maximum atomic E-state index is 11.3. The van der Waals surface area contributed by atoms with Gasteiger partial charge in [-0.2, -0.15) is 4.98 Å². The Bertz CT molecular complexity index is 393. The second-order valence-corrected chi connectivity index (χ2v) is 3.31. The van der Waals surface area contributed by atoms with Crippen molar-refractivity contribution in [2.45, 2.75) is 24.9 Å². The number of nitrogens with zero attached hydrogens (tertiary/aromatic N) is 3. The highest BCUT2D eigenvalue weighted by atomic mass is 16.5. The first kappa shape index (κ1) is 10.2. The number of aliphatic hydroxyl groups excluding tert-OH is 2. The largest absolute Gasteiger partial charge is 0.394 e. The number of hydrogen-bond acceptors (Lipinski definition) is 6. The van der Waals surface area contributed by atoms with Crippen LogP contribution in [0.25, 0.3) is 0 Å². The molecular weight excluding hydrogens is 202 g/mol. The molecular formula is C8H11N3O4. The summed E-state index contributed by atoms with van der Waals surface area (Å²) >= 11 is 0. The minimum atomic E-state index is -0.771. The molecule has 2 heterocycles. The van der Waals surface area contributed by atoms with Crippen LogP contribution in [0, 0.1) is 0 Å². The average Bonchev–Trinajstić information content (AvgIpc) is 2.60. The molecule has 0 aliphatic carbocycles. The smallest absolute Gasteiger partial charge is 0.352 e. The molecule has 0 bridgehead atoms. The monoisotopic (exact) mass is 213 g/mol. The molecule has 1 aliphatic heterocycles. The van der Waals surface area contributed by atoms with Gasteiger partial charge in [0, 0.05) is 6.42 Å². The van der Waals surface area contributed by atoms with E-state index in [-0.39, 0.29) is 13.0 Å². The molecule has 1 saturated heterocycles. The van der Waals surface area contributed by atoms with Crippen molar-refractivity contribution >= 4 is 0 Å². The van der Waals surface area contributed by atoms with Gasteiger partial charge in [0.05, 0.1) is 12.7 Å². The number of hydrogen-bond donors (Lipinski definition) is 2. The molecule has 7 nitrogen and oxygen atoms in total. The Kier molecular flexibility index (Phi) is 2.76. The van der Waals surface area contributed by atoms with E-state index in [1.165, 1.54) is 10.9 Å². The summed E-state index contributed by atoms with van der Waals surface area (Å²) in [5, 5.41) is 18.3. The Labute approximate surface area is 85.0 Å². The van der Waals surface area contributed by atoms with E-state index in [1.54, 1.807) is 0 Å². The van der Waals surface area contributed by atoms with Gasteiger partial charge < -0.3 is 14.9 Å². The second-order valence-electron chi connectivity index (χ2n) is 3.31.